The van der Waals surface area contributed by atoms with Crippen LogP contribution in [0.2, 0.25) is 0 Å². The van der Waals surface area contributed by atoms with Gasteiger partial charge in [-0.15, -0.1) is 0 Å². The number of hydrogen-bond acceptors (Lipinski definition) is 2. The Labute approximate surface area is 130 Å². The van der Waals surface area contributed by atoms with E-state index in [-0.39, 0.29) is 5.56 Å². The highest BCUT2D eigenvalue weighted by Gasteiger charge is 2.54. The number of carboxylic acid groups (broad SMARTS) is 1. The van der Waals surface area contributed by atoms with Crippen LogP contribution in [0.15, 0.2) is 48.5 Å². The fraction of sp³-hybridized carbons (Fsp3) is 0.125. The van der Waals surface area contributed by atoms with E-state index in [1.807, 2.05) is 0 Å². The van der Waals surface area contributed by atoms with Crippen molar-refractivity contribution >= 4 is 29.3 Å². The summed E-state index contributed by atoms with van der Waals surface area (Å²) in [6, 6.07) is 12.2. The van der Waals surface area contributed by atoms with Gasteiger partial charge in [0.15, 0.2) is 0 Å². The molecule has 1 atom stereocenters. The number of rotatable bonds is 3. The van der Waals surface area contributed by atoms with E-state index >= 15 is 0 Å². The third-order valence-corrected chi connectivity index (χ3v) is 4.20. The highest BCUT2D eigenvalue weighted by Crippen LogP contribution is 2.49. The molecule has 0 bridgehead atoms. The maximum atomic E-state index is 14.3. The predicted molar refractivity (Wildman–Crippen MR) is 79.2 cm³/mol. The van der Waals surface area contributed by atoms with E-state index in [0.29, 0.717) is 11.3 Å². The second-order valence-corrected chi connectivity index (χ2v) is 5.40. The first-order valence-corrected chi connectivity index (χ1v) is 6.89. The summed E-state index contributed by atoms with van der Waals surface area (Å²) in [5.41, 5.74) is -0.880. The van der Waals surface area contributed by atoms with Crippen LogP contribution < -0.4 is 4.42 Å². The van der Waals surface area contributed by atoms with Crippen LogP contribution in [0.1, 0.15) is 17.5 Å². The standard InChI is InChI=1S/C16H11ClFNO3/c17-19-13-8-4-2-6-11(13)16(15(19)22,9-14(20)21)10-5-1-3-7-12(10)18/h1-8H,9H2,(H,20,21). The lowest BCUT2D eigenvalue weighted by atomic mass is 9.72. The van der Waals surface area contributed by atoms with Gasteiger partial charge in [-0.2, -0.15) is 0 Å². The number of carbonyl (C=O) groups is 2. The Balaban J connectivity index is 2.35. The van der Waals surface area contributed by atoms with Crippen molar-refractivity contribution in [1.82, 2.24) is 0 Å². The third-order valence-electron chi connectivity index (χ3n) is 3.87. The van der Waals surface area contributed by atoms with Crippen molar-refractivity contribution in [3.63, 3.8) is 0 Å². The van der Waals surface area contributed by atoms with Gasteiger partial charge >= 0.3 is 5.97 Å². The fourth-order valence-corrected chi connectivity index (χ4v) is 3.25. The number of carboxylic acids is 1. The minimum absolute atomic E-state index is 0.0120. The molecule has 2 aromatic rings. The fourth-order valence-electron chi connectivity index (χ4n) is 2.96. The molecular formula is C16H11ClFNO3. The summed E-state index contributed by atoms with van der Waals surface area (Å²) in [7, 11) is 0. The average molecular weight is 320 g/mol. The Morgan fingerprint density at radius 2 is 1.73 bits per heavy atom. The van der Waals surface area contributed by atoms with Gasteiger partial charge in [0.2, 0.25) is 0 Å². The lowest BCUT2D eigenvalue weighted by Gasteiger charge is -2.27. The number of para-hydroxylation sites is 1. The zero-order valence-corrected chi connectivity index (χ0v) is 12.0. The maximum Gasteiger partial charge on any atom is 0.305 e. The predicted octanol–water partition coefficient (Wildman–Crippen LogP) is 3.09. The van der Waals surface area contributed by atoms with Crippen LogP contribution in [-0.2, 0) is 15.0 Å². The van der Waals surface area contributed by atoms with Crippen molar-refractivity contribution in [3.05, 3.63) is 65.5 Å². The van der Waals surface area contributed by atoms with Crippen molar-refractivity contribution in [3.8, 4) is 0 Å². The number of fused-ring (bicyclic) bond motifs is 1. The highest BCUT2D eigenvalue weighted by atomic mass is 35.5. The summed E-state index contributed by atoms with van der Waals surface area (Å²) in [6.07, 6.45) is -0.576. The molecule has 1 N–H and O–H groups in total. The van der Waals surface area contributed by atoms with E-state index in [0.717, 1.165) is 4.42 Å². The van der Waals surface area contributed by atoms with E-state index in [4.69, 9.17) is 11.8 Å². The van der Waals surface area contributed by atoms with E-state index in [2.05, 4.69) is 0 Å². The van der Waals surface area contributed by atoms with Crippen molar-refractivity contribution in [1.29, 1.82) is 0 Å². The van der Waals surface area contributed by atoms with E-state index < -0.39 is 29.5 Å². The van der Waals surface area contributed by atoms with Crippen molar-refractivity contribution < 1.29 is 19.1 Å². The van der Waals surface area contributed by atoms with Gasteiger partial charge in [0.05, 0.1) is 12.1 Å². The Hall–Kier alpha value is -2.40. The molecule has 0 aromatic heterocycles. The van der Waals surface area contributed by atoms with Crippen LogP contribution in [0, 0.1) is 5.82 Å². The Morgan fingerprint density at radius 1 is 1.14 bits per heavy atom. The molecule has 2 aromatic carbocycles. The molecule has 0 fully saturated rings. The largest absolute Gasteiger partial charge is 0.481 e. The van der Waals surface area contributed by atoms with Gasteiger partial charge in [-0.1, -0.05) is 36.4 Å². The number of aliphatic carboxylic acids is 1. The van der Waals surface area contributed by atoms with Crippen molar-refractivity contribution in [2.24, 2.45) is 0 Å². The maximum absolute atomic E-state index is 14.3. The number of amides is 1. The van der Waals surface area contributed by atoms with Crippen molar-refractivity contribution in [2.45, 2.75) is 11.8 Å². The van der Waals surface area contributed by atoms with Crippen LogP contribution in [0.25, 0.3) is 0 Å². The van der Waals surface area contributed by atoms with E-state index in [9.17, 15) is 19.1 Å². The second kappa shape index (κ2) is 5.10. The normalized spacial score (nSPS) is 20.1. The molecule has 0 saturated carbocycles. The molecule has 0 radical (unpaired) electrons. The molecule has 22 heavy (non-hydrogen) atoms. The summed E-state index contributed by atoms with van der Waals surface area (Å²) in [5, 5.41) is 9.28. The number of halogens is 2. The van der Waals surface area contributed by atoms with Crippen LogP contribution in [0.5, 0.6) is 0 Å². The first-order chi connectivity index (χ1) is 10.5. The van der Waals surface area contributed by atoms with Gasteiger partial charge in [-0.3, -0.25) is 9.59 Å². The molecule has 3 rings (SSSR count). The van der Waals surface area contributed by atoms with E-state index in [1.54, 1.807) is 30.3 Å². The van der Waals surface area contributed by atoms with Gasteiger partial charge in [0.25, 0.3) is 5.91 Å². The average Bonchev–Trinajstić information content (AvgIpc) is 2.71. The first kappa shape index (κ1) is 14.5. The van der Waals surface area contributed by atoms with Crippen LogP contribution in [-0.4, -0.2) is 17.0 Å². The van der Waals surface area contributed by atoms with Crippen LogP contribution >= 0.6 is 11.8 Å². The topological polar surface area (TPSA) is 57.6 Å². The molecule has 1 amide bonds. The molecule has 1 unspecified atom stereocenters. The number of hydrogen-bond donors (Lipinski definition) is 1. The number of carbonyl (C=O) groups excluding carboxylic acids is 1. The SMILES string of the molecule is O=C(O)CC1(c2ccccc2F)C(=O)N(Cl)c2ccccc21. The van der Waals surface area contributed by atoms with Gasteiger partial charge in [0.1, 0.15) is 11.2 Å². The Bertz CT molecular complexity index is 779. The number of benzene rings is 2. The molecule has 1 aliphatic heterocycles. The first-order valence-electron chi connectivity index (χ1n) is 6.55. The monoisotopic (exact) mass is 319 g/mol. The molecule has 0 aliphatic carbocycles. The van der Waals surface area contributed by atoms with Gasteiger partial charge in [-0.25, -0.2) is 8.81 Å². The summed E-state index contributed by atoms with van der Waals surface area (Å²) >= 11 is 6.03. The molecular weight excluding hydrogens is 309 g/mol. The summed E-state index contributed by atoms with van der Waals surface area (Å²) < 4.78 is 15.2. The smallest absolute Gasteiger partial charge is 0.305 e. The van der Waals surface area contributed by atoms with Crippen molar-refractivity contribution in [2.75, 3.05) is 4.42 Å². The van der Waals surface area contributed by atoms with E-state index in [1.165, 1.54) is 18.2 Å². The molecule has 112 valence electrons. The molecule has 0 saturated heterocycles. The van der Waals surface area contributed by atoms with Crippen LogP contribution in [0.3, 0.4) is 0 Å². The Morgan fingerprint density at radius 3 is 2.36 bits per heavy atom. The summed E-state index contributed by atoms with van der Waals surface area (Å²) in [6.45, 7) is 0. The number of anilines is 1. The summed E-state index contributed by atoms with van der Waals surface area (Å²) in [5.74, 6) is -2.51. The molecule has 4 nitrogen and oxygen atoms in total. The van der Waals surface area contributed by atoms with Gasteiger partial charge < -0.3 is 5.11 Å². The second-order valence-electron chi connectivity index (χ2n) is 5.06. The lowest BCUT2D eigenvalue weighted by Crippen LogP contribution is -2.40. The number of nitrogens with zero attached hydrogens (tertiary/aromatic N) is 1. The quantitative estimate of drug-likeness (QED) is 0.884. The molecule has 6 heteroatoms. The lowest BCUT2D eigenvalue weighted by molar-refractivity contribution is -0.140. The minimum atomic E-state index is -1.66. The molecule has 0 spiro atoms. The highest BCUT2D eigenvalue weighted by molar-refractivity contribution is 6.41. The van der Waals surface area contributed by atoms with Gasteiger partial charge in [-0.05, 0) is 17.7 Å². The Kier molecular flexibility index (Phi) is 3.37. The minimum Gasteiger partial charge on any atom is -0.481 e. The molecule has 1 heterocycles. The van der Waals surface area contributed by atoms with Crippen LogP contribution in [0.4, 0.5) is 10.1 Å². The van der Waals surface area contributed by atoms with Gasteiger partial charge in [0, 0.05) is 17.3 Å². The molecule has 1 aliphatic rings. The zero-order chi connectivity index (χ0) is 15.9. The third kappa shape index (κ3) is 1.89. The zero-order valence-electron chi connectivity index (χ0n) is 11.3. The summed E-state index contributed by atoms with van der Waals surface area (Å²) in [4.78, 5) is 24.1.